The molecule has 2 aromatic heterocycles. The van der Waals surface area contributed by atoms with E-state index < -0.39 is 6.03 Å². The first-order chi connectivity index (χ1) is 16.1. The number of rotatable bonds is 5. The van der Waals surface area contributed by atoms with Crippen LogP contribution < -0.4 is 21.1 Å². The number of nitrogens with one attached hydrogen (secondary N) is 3. The number of H-pyrrole nitrogens is 1. The molecule has 0 fully saturated rings. The fourth-order valence-corrected chi connectivity index (χ4v) is 3.43. The number of benzene rings is 3. The van der Waals surface area contributed by atoms with E-state index in [1.807, 2.05) is 66.7 Å². The number of carbonyl (C=O) groups is 1. The normalized spacial score (nSPS) is 10.7. The van der Waals surface area contributed by atoms with Crippen LogP contribution in [0, 0.1) is 0 Å². The minimum absolute atomic E-state index is 0.411. The van der Waals surface area contributed by atoms with Crippen LogP contribution in [0.3, 0.4) is 0 Å². The number of nitrogens with two attached hydrogens (primary N) is 1. The van der Waals surface area contributed by atoms with Gasteiger partial charge >= 0.3 is 6.03 Å². The zero-order chi connectivity index (χ0) is 22.6. The Bertz CT molecular complexity index is 1430. The molecule has 0 aliphatic carbocycles. The fraction of sp³-hybridized carbons (Fsp3) is 0. The fourth-order valence-electron chi connectivity index (χ4n) is 3.43. The molecule has 0 aliphatic rings. The first kappa shape index (κ1) is 20.1. The standard InChI is InChI=1S/C25H20N6O2/c26-24-21-13-16(9-10-22(21)30-31-24)17-11-12-27-23(14-17)29-25(32)28-18-5-4-8-20(15-18)33-19-6-2-1-3-7-19/h1-15H,(H3,26,30,31)(H2,27,28,29,32). The van der Waals surface area contributed by atoms with Gasteiger partial charge in [0, 0.05) is 23.3 Å². The second-order valence-corrected chi connectivity index (χ2v) is 7.32. The van der Waals surface area contributed by atoms with Crippen LogP contribution in [0.25, 0.3) is 22.0 Å². The molecule has 2 amide bonds. The van der Waals surface area contributed by atoms with Crippen LogP contribution in [0.1, 0.15) is 0 Å². The Hall–Kier alpha value is -4.85. The summed E-state index contributed by atoms with van der Waals surface area (Å²) >= 11 is 0. The number of urea groups is 1. The van der Waals surface area contributed by atoms with Gasteiger partial charge in [0.2, 0.25) is 0 Å². The van der Waals surface area contributed by atoms with Crippen LogP contribution in [0.2, 0.25) is 0 Å². The van der Waals surface area contributed by atoms with Crippen LogP contribution in [-0.2, 0) is 0 Å². The number of aromatic amines is 1. The molecule has 5 N–H and O–H groups in total. The summed E-state index contributed by atoms with van der Waals surface area (Å²) in [6, 6.07) is 25.7. The number of ether oxygens (including phenoxy) is 1. The molecule has 0 radical (unpaired) electrons. The first-order valence-electron chi connectivity index (χ1n) is 10.2. The maximum Gasteiger partial charge on any atom is 0.324 e. The minimum atomic E-state index is -0.411. The Morgan fingerprint density at radius 3 is 2.55 bits per heavy atom. The van der Waals surface area contributed by atoms with Gasteiger partial charge in [-0.3, -0.25) is 10.4 Å². The molecular weight excluding hydrogens is 416 g/mol. The highest BCUT2D eigenvalue weighted by Gasteiger charge is 2.09. The summed E-state index contributed by atoms with van der Waals surface area (Å²) in [6.45, 7) is 0. The second-order valence-electron chi connectivity index (χ2n) is 7.32. The molecule has 0 spiro atoms. The molecule has 5 rings (SSSR count). The van der Waals surface area contributed by atoms with Gasteiger partial charge in [0.1, 0.15) is 17.3 Å². The first-order valence-corrected chi connectivity index (χ1v) is 10.2. The van der Waals surface area contributed by atoms with E-state index in [9.17, 15) is 4.79 Å². The monoisotopic (exact) mass is 436 g/mol. The molecule has 0 bridgehead atoms. The highest BCUT2D eigenvalue weighted by molar-refractivity contribution is 5.99. The van der Waals surface area contributed by atoms with E-state index in [0.29, 0.717) is 23.1 Å². The van der Waals surface area contributed by atoms with Crippen molar-refractivity contribution in [3.8, 4) is 22.6 Å². The average molecular weight is 436 g/mol. The number of nitrogens with zero attached hydrogens (tertiary/aromatic N) is 2. The molecule has 2 heterocycles. The average Bonchev–Trinajstić information content (AvgIpc) is 3.20. The number of amides is 2. The highest BCUT2D eigenvalue weighted by atomic mass is 16.5. The molecule has 0 atom stereocenters. The maximum atomic E-state index is 12.6. The number of para-hydroxylation sites is 1. The van der Waals surface area contributed by atoms with E-state index in [1.165, 1.54) is 0 Å². The third kappa shape index (κ3) is 4.59. The van der Waals surface area contributed by atoms with Crippen molar-refractivity contribution in [1.82, 2.24) is 15.2 Å². The van der Waals surface area contributed by atoms with Crippen molar-refractivity contribution in [2.45, 2.75) is 0 Å². The smallest absolute Gasteiger partial charge is 0.324 e. The van der Waals surface area contributed by atoms with Crippen LogP contribution >= 0.6 is 0 Å². The summed E-state index contributed by atoms with van der Waals surface area (Å²) in [5.74, 6) is 2.20. The van der Waals surface area contributed by atoms with Gasteiger partial charge in [-0.1, -0.05) is 30.3 Å². The van der Waals surface area contributed by atoms with E-state index in [4.69, 9.17) is 10.5 Å². The topological polar surface area (TPSA) is 118 Å². The molecule has 8 heteroatoms. The molecule has 0 saturated carbocycles. The molecular formula is C25H20N6O2. The minimum Gasteiger partial charge on any atom is -0.457 e. The summed E-state index contributed by atoms with van der Waals surface area (Å²) < 4.78 is 5.82. The maximum absolute atomic E-state index is 12.6. The molecule has 8 nitrogen and oxygen atoms in total. The number of pyridine rings is 1. The summed E-state index contributed by atoms with van der Waals surface area (Å²) in [5, 5.41) is 13.3. The van der Waals surface area contributed by atoms with Crippen LogP contribution in [0.15, 0.2) is 91.1 Å². The lowest BCUT2D eigenvalue weighted by atomic mass is 10.0. The Labute approximate surface area is 189 Å². The van der Waals surface area contributed by atoms with Crippen molar-refractivity contribution in [2.75, 3.05) is 16.4 Å². The van der Waals surface area contributed by atoms with E-state index in [2.05, 4.69) is 25.8 Å². The van der Waals surface area contributed by atoms with Crippen molar-refractivity contribution >= 4 is 34.3 Å². The van der Waals surface area contributed by atoms with Gasteiger partial charge in [-0.05, 0) is 59.7 Å². The SMILES string of the molecule is Nc1n[nH]c2ccc(-c3ccnc(NC(=O)Nc4cccc(Oc5ccccc5)c4)c3)cc12. The Balaban J connectivity index is 1.28. The zero-order valence-electron chi connectivity index (χ0n) is 17.4. The van der Waals surface area contributed by atoms with Crippen molar-refractivity contribution in [3.05, 3.63) is 91.1 Å². The van der Waals surface area contributed by atoms with Gasteiger partial charge in [-0.2, -0.15) is 5.10 Å². The van der Waals surface area contributed by atoms with Gasteiger partial charge in [0.15, 0.2) is 5.82 Å². The van der Waals surface area contributed by atoms with Gasteiger partial charge < -0.3 is 15.8 Å². The lowest BCUT2D eigenvalue weighted by molar-refractivity contribution is 0.262. The molecule has 0 unspecified atom stereocenters. The van der Waals surface area contributed by atoms with Crippen molar-refractivity contribution in [3.63, 3.8) is 0 Å². The molecule has 0 aliphatic heterocycles. The Kier molecular flexibility index (Phi) is 5.30. The van der Waals surface area contributed by atoms with Gasteiger partial charge in [0.25, 0.3) is 0 Å². The number of fused-ring (bicyclic) bond motifs is 1. The third-order valence-corrected chi connectivity index (χ3v) is 5.00. The van der Waals surface area contributed by atoms with Crippen molar-refractivity contribution < 1.29 is 9.53 Å². The second kappa shape index (κ2) is 8.72. The predicted molar refractivity (Wildman–Crippen MR) is 129 cm³/mol. The van der Waals surface area contributed by atoms with Crippen LogP contribution in [0.5, 0.6) is 11.5 Å². The molecule has 33 heavy (non-hydrogen) atoms. The lowest BCUT2D eigenvalue weighted by Gasteiger charge is -2.10. The number of carbonyl (C=O) groups excluding carboxylic acids is 1. The van der Waals surface area contributed by atoms with Crippen molar-refractivity contribution in [2.24, 2.45) is 0 Å². The van der Waals surface area contributed by atoms with Crippen LogP contribution in [0.4, 0.5) is 22.1 Å². The molecule has 3 aromatic carbocycles. The molecule has 5 aromatic rings. The third-order valence-electron chi connectivity index (χ3n) is 5.00. The predicted octanol–water partition coefficient (Wildman–Crippen LogP) is 5.64. The lowest BCUT2D eigenvalue weighted by Crippen LogP contribution is -2.20. The largest absolute Gasteiger partial charge is 0.457 e. The Morgan fingerprint density at radius 2 is 1.67 bits per heavy atom. The number of hydrogen-bond donors (Lipinski definition) is 4. The Morgan fingerprint density at radius 1 is 0.848 bits per heavy atom. The van der Waals surface area contributed by atoms with E-state index in [1.54, 1.807) is 24.4 Å². The molecule has 162 valence electrons. The van der Waals surface area contributed by atoms with Crippen molar-refractivity contribution in [1.29, 1.82) is 0 Å². The van der Waals surface area contributed by atoms with Gasteiger partial charge in [-0.15, -0.1) is 0 Å². The summed E-state index contributed by atoms with van der Waals surface area (Å²) in [4.78, 5) is 16.8. The molecule has 0 saturated heterocycles. The van der Waals surface area contributed by atoms with E-state index >= 15 is 0 Å². The number of anilines is 3. The van der Waals surface area contributed by atoms with Gasteiger partial charge in [0.05, 0.1) is 5.52 Å². The van der Waals surface area contributed by atoms with Gasteiger partial charge in [-0.25, -0.2) is 9.78 Å². The number of hydrogen-bond acceptors (Lipinski definition) is 5. The summed E-state index contributed by atoms with van der Waals surface area (Å²) in [5.41, 5.74) is 9.20. The van der Waals surface area contributed by atoms with E-state index in [-0.39, 0.29) is 0 Å². The highest BCUT2D eigenvalue weighted by Crippen LogP contribution is 2.27. The van der Waals surface area contributed by atoms with Crippen LogP contribution in [-0.4, -0.2) is 21.2 Å². The van der Waals surface area contributed by atoms with E-state index in [0.717, 1.165) is 27.8 Å². The summed E-state index contributed by atoms with van der Waals surface area (Å²) in [7, 11) is 0. The summed E-state index contributed by atoms with van der Waals surface area (Å²) in [6.07, 6.45) is 1.64. The quantitative estimate of drug-likeness (QED) is 0.284. The number of nitrogen functional groups attached to an aromatic ring is 1. The zero-order valence-corrected chi connectivity index (χ0v) is 17.4. The number of aromatic nitrogens is 3.